The van der Waals surface area contributed by atoms with Crippen molar-refractivity contribution in [2.24, 2.45) is 0 Å². The van der Waals surface area contributed by atoms with Crippen LogP contribution in [0.2, 0.25) is 0 Å². The second kappa shape index (κ2) is 4.01. The van der Waals surface area contributed by atoms with Crippen molar-refractivity contribution in [3.05, 3.63) is 0 Å². The van der Waals surface area contributed by atoms with Crippen LogP contribution in [0.3, 0.4) is 0 Å². The van der Waals surface area contributed by atoms with Gasteiger partial charge in [0, 0.05) is 39.4 Å². The van der Waals surface area contributed by atoms with Crippen LogP contribution in [0.1, 0.15) is 32.6 Å². The maximum Gasteiger partial charge on any atom is 0.168 e. The lowest BCUT2D eigenvalue weighted by Gasteiger charge is -2.34. The average Bonchev–Trinajstić information content (AvgIpc) is 2.10. The monoisotopic (exact) mass is 172 g/mol. The molecule has 1 saturated carbocycles. The minimum absolute atomic E-state index is 0.322. The van der Waals surface area contributed by atoms with Crippen molar-refractivity contribution in [1.82, 2.24) is 0 Å². The lowest BCUT2D eigenvalue weighted by atomic mass is 9.93. The summed E-state index contributed by atoms with van der Waals surface area (Å²) in [7, 11) is 1.64. The highest BCUT2D eigenvalue weighted by molar-refractivity contribution is 5.79. The predicted octanol–water partition coefficient (Wildman–Crippen LogP) is 1.51. The second-order valence-electron chi connectivity index (χ2n) is 3.09. The summed E-state index contributed by atoms with van der Waals surface area (Å²) in [6, 6.07) is 0. The van der Waals surface area contributed by atoms with E-state index in [1.54, 1.807) is 7.11 Å². The summed E-state index contributed by atoms with van der Waals surface area (Å²) in [5.41, 5.74) is 0. The number of rotatable bonds is 3. The van der Waals surface area contributed by atoms with Gasteiger partial charge in [-0.1, -0.05) is 0 Å². The molecule has 0 spiro atoms. The Morgan fingerprint density at radius 1 is 1.42 bits per heavy atom. The third kappa shape index (κ3) is 2.05. The molecule has 0 aromatic heterocycles. The van der Waals surface area contributed by atoms with E-state index in [1.807, 2.05) is 6.92 Å². The Hall–Kier alpha value is -0.410. The Morgan fingerprint density at radius 3 is 2.42 bits per heavy atom. The Labute approximate surface area is 73.0 Å². The Balaban J connectivity index is 2.50. The van der Waals surface area contributed by atoms with Gasteiger partial charge in [-0.3, -0.25) is 4.79 Å². The summed E-state index contributed by atoms with van der Waals surface area (Å²) in [5, 5.41) is 0. The first-order valence-corrected chi connectivity index (χ1v) is 4.43. The molecule has 3 heteroatoms. The van der Waals surface area contributed by atoms with Gasteiger partial charge >= 0.3 is 0 Å². The molecule has 0 atom stereocenters. The predicted molar refractivity (Wildman–Crippen MR) is 44.8 cm³/mol. The SMILES string of the molecule is CCOC1(OC)CCC(=O)CC1. The minimum atomic E-state index is -0.470. The van der Waals surface area contributed by atoms with E-state index >= 15 is 0 Å². The number of carbonyl (C=O) groups is 1. The van der Waals surface area contributed by atoms with E-state index in [4.69, 9.17) is 9.47 Å². The van der Waals surface area contributed by atoms with E-state index < -0.39 is 5.79 Å². The second-order valence-corrected chi connectivity index (χ2v) is 3.09. The van der Waals surface area contributed by atoms with E-state index in [9.17, 15) is 4.79 Å². The first kappa shape index (κ1) is 9.68. The van der Waals surface area contributed by atoms with Crippen LogP contribution >= 0.6 is 0 Å². The number of methoxy groups -OCH3 is 1. The highest BCUT2D eigenvalue weighted by atomic mass is 16.7. The fraction of sp³-hybridized carbons (Fsp3) is 0.889. The lowest BCUT2D eigenvalue weighted by molar-refractivity contribution is -0.234. The van der Waals surface area contributed by atoms with Gasteiger partial charge in [0.15, 0.2) is 5.79 Å². The summed E-state index contributed by atoms with van der Waals surface area (Å²) < 4.78 is 10.8. The molecule has 0 heterocycles. The van der Waals surface area contributed by atoms with Crippen LogP contribution in [0.4, 0.5) is 0 Å². The van der Waals surface area contributed by atoms with Crippen molar-refractivity contribution in [3.63, 3.8) is 0 Å². The van der Waals surface area contributed by atoms with E-state index in [0.717, 1.165) is 0 Å². The molecule has 3 nitrogen and oxygen atoms in total. The Morgan fingerprint density at radius 2 is 2.00 bits per heavy atom. The molecule has 0 aliphatic heterocycles. The largest absolute Gasteiger partial charge is 0.353 e. The molecule has 12 heavy (non-hydrogen) atoms. The summed E-state index contributed by atoms with van der Waals surface area (Å²) in [6.45, 7) is 2.58. The summed E-state index contributed by atoms with van der Waals surface area (Å²) in [6.07, 6.45) is 2.59. The molecule has 0 aromatic rings. The highest BCUT2D eigenvalue weighted by Crippen LogP contribution is 2.30. The molecular weight excluding hydrogens is 156 g/mol. The topological polar surface area (TPSA) is 35.5 Å². The van der Waals surface area contributed by atoms with Gasteiger partial charge in [0.2, 0.25) is 0 Å². The first-order valence-electron chi connectivity index (χ1n) is 4.43. The van der Waals surface area contributed by atoms with E-state index in [1.165, 1.54) is 0 Å². The molecule has 1 fully saturated rings. The van der Waals surface area contributed by atoms with Crippen molar-refractivity contribution >= 4 is 5.78 Å². The molecule has 0 aromatic carbocycles. The maximum atomic E-state index is 11.0. The Kier molecular flexibility index (Phi) is 3.23. The average molecular weight is 172 g/mol. The van der Waals surface area contributed by atoms with Crippen molar-refractivity contribution < 1.29 is 14.3 Å². The molecule has 1 aliphatic carbocycles. The lowest BCUT2D eigenvalue weighted by Crippen LogP contribution is -2.39. The van der Waals surface area contributed by atoms with Gasteiger partial charge in [0.1, 0.15) is 5.78 Å². The molecule has 0 N–H and O–H groups in total. The van der Waals surface area contributed by atoms with Crippen LogP contribution in [0.25, 0.3) is 0 Å². The van der Waals surface area contributed by atoms with Crippen molar-refractivity contribution in [2.45, 2.75) is 38.4 Å². The number of carbonyl (C=O) groups excluding carboxylic acids is 1. The third-order valence-corrected chi connectivity index (χ3v) is 2.35. The van der Waals surface area contributed by atoms with Gasteiger partial charge in [0.05, 0.1) is 0 Å². The normalized spacial score (nSPS) is 22.7. The number of hydrogen-bond acceptors (Lipinski definition) is 3. The van der Waals surface area contributed by atoms with Gasteiger partial charge < -0.3 is 9.47 Å². The van der Waals surface area contributed by atoms with E-state index in [-0.39, 0.29) is 0 Å². The summed E-state index contributed by atoms with van der Waals surface area (Å²) >= 11 is 0. The number of hydrogen-bond donors (Lipinski definition) is 0. The van der Waals surface area contributed by atoms with Crippen LogP contribution in [0.5, 0.6) is 0 Å². The molecule has 0 unspecified atom stereocenters. The molecule has 1 rings (SSSR count). The van der Waals surface area contributed by atoms with Crippen molar-refractivity contribution in [2.75, 3.05) is 13.7 Å². The zero-order chi connectivity index (χ0) is 9.03. The van der Waals surface area contributed by atoms with E-state index in [2.05, 4.69) is 0 Å². The van der Waals surface area contributed by atoms with Crippen LogP contribution in [0.15, 0.2) is 0 Å². The van der Waals surface area contributed by atoms with Gasteiger partial charge in [-0.15, -0.1) is 0 Å². The van der Waals surface area contributed by atoms with Crippen LogP contribution in [0, 0.1) is 0 Å². The molecule has 0 radical (unpaired) electrons. The molecule has 0 saturated heterocycles. The van der Waals surface area contributed by atoms with Crippen LogP contribution < -0.4 is 0 Å². The fourth-order valence-corrected chi connectivity index (χ4v) is 1.58. The van der Waals surface area contributed by atoms with Crippen molar-refractivity contribution in [1.29, 1.82) is 0 Å². The van der Waals surface area contributed by atoms with Crippen LogP contribution in [-0.2, 0) is 14.3 Å². The fourth-order valence-electron chi connectivity index (χ4n) is 1.58. The minimum Gasteiger partial charge on any atom is -0.353 e. The molecule has 0 amide bonds. The van der Waals surface area contributed by atoms with E-state index in [0.29, 0.717) is 38.1 Å². The van der Waals surface area contributed by atoms with Gasteiger partial charge in [0.25, 0.3) is 0 Å². The Bertz CT molecular complexity index is 155. The molecular formula is C9H16O3. The quantitative estimate of drug-likeness (QED) is 0.605. The standard InChI is InChI=1S/C9H16O3/c1-3-12-9(11-2)6-4-8(10)5-7-9/h3-7H2,1-2H3. The zero-order valence-electron chi connectivity index (χ0n) is 7.76. The molecule has 70 valence electrons. The van der Waals surface area contributed by atoms with Crippen LogP contribution in [-0.4, -0.2) is 25.3 Å². The molecule has 1 aliphatic rings. The summed E-state index contributed by atoms with van der Waals surface area (Å²) in [5.74, 6) is -0.148. The zero-order valence-corrected chi connectivity index (χ0v) is 7.76. The van der Waals surface area contributed by atoms with Gasteiger partial charge in [-0.05, 0) is 6.92 Å². The molecule has 0 bridgehead atoms. The summed E-state index contributed by atoms with van der Waals surface area (Å²) in [4.78, 5) is 11.0. The third-order valence-electron chi connectivity index (χ3n) is 2.35. The first-order chi connectivity index (χ1) is 5.72. The maximum absolute atomic E-state index is 11.0. The van der Waals surface area contributed by atoms with Gasteiger partial charge in [-0.25, -0.2) is 0 Å². The number of ketones is 1. The number of Topliss-reactive ketones (excluding diaryl/α,β-unsaturated/α-hetero) is 1. The van der Waals surface area contributed by atoms with Crippen molar-refractivity contribution in [3.8, 4) is 0 Å². The highest BCUT2D eigenvalue weighted by Gasteiger charge is 2.34. The van der Waals surface area contributed by atoms with Gasteiger partial charge in [-0.2, -0.15) is 0 Å². The number of ether oxygens (including phenoxy) is 2. The smallest absolute Gasteiger partial charge is 0.168 e.